The van der Waals surface area contributed by atoms with Gasteiger partial charge >= 0.3 is 5.97 Å². The lowest BCUT2D eigenvalue weighted by Gasteiger charge is -2.34. The summed E-state index contributed by atoms with van der Waals surface area (Å²) in [7, 11) is 2.08. The first-order valence-corrected chi connectivity index (χ1v) is 5.42. The molecule has 0 aromatic rings. The third-order valence-corrected chi connectivity index (χ3v) is 3.21. The summed E-state index contributed by atoms with van der Waals surface area (Å²) in [4.78, 5) is 12.8. The smallest absolute Gasteiger partial charge is 0.304 e. The molecule has 0 aliphatic carbocycles. The van der Waals surface area contributed by atoms with Crippen LogP contribution in [0.4, 0.5) is 0 Å². The summed E-state index contributed by atoms with van der Waals surface area (Å²) >= 11 is 0. The highest BCUT2D eigenvalue weighted by atomic mass is 16.4. The van der Waals surface area contributed by atoms with Crippen molar-refractivity contribution in [1.82, 2.24) is 4.90 Å². The fraction of sp³-hybridized carbons (Fsp3) is 0.900. The number of carbonyl (C=O) groups is 1. The Hall–Kier alpha value is -0.650. The standard InChI is InChI=1S/C10H21N3O2/c1-13-4-2-7(3-5-13)10(12)8(11)6-9(14)15/h7-8,10H,2-6,11-12H2,1H3,(H,14,15). The summed E-state index contributed by atoms with van der Waals surface area (Å²) in [5, 5.41) is 8.63. The second-order valence-electron chi connectivity index (χ2n) is 4.48. The van der Waals surface area contributed by atoms with Crippen molar-refractivity contribution in [2.75, 3.05) is 20.1 Å². The number of rotatable bonds is 4. The molecule has 1 aliphatic heterocycles. The molecule has 5 N–H and O–H groups in total. The molecular formula is C10H21N3O2. The predicted octanol–water partition coefficient (Wildman–Crippen LogP) is -0.542. The molecule has 1 fully saturated rings. The second kappa shape index (κ2) is 5.44. The number of hydrogen-bond donors (Lipinski definition) is 3. The van der Waals surface area contributed by atoms with E-state index in [0.717, 1.165) is 25.9 Å². The summed E-state index contributed by atoms with van der Waals surface area (Å²) in [5.74, 6) is -0.499. The van der Waals surface area contributed by atoms with Gasteiger partial charge in [0.05, 0.1) is 6.42 Å². The molecule has 0 aromatic carbocycles. The van der Waals surface area contributed by atoms with E-state index < -0.39 is 12.0 Å². The molecule has 0 spiro atoms. The average Bonchev–Trinajstić information content (AvgIpc) is 2.17. The normalized spacial score (nSPS) is 23.7. The Morgan fingerprint density at radius 3 is 2.47 bits per heavy atom. The van der Waals surface area contributed by atoms with E-state index in [1.165, 1.54) is 0 Å². The largest absolute Gasteiger partial charge is 0.481 e. The van der Waals surface area contributed by atoms with Crippen LogP contribution in [0.5, 0.6) is 0 Å². The molecule has 1 saturated heterocycles. The Morgan fingerprint density at radius 1 is 1.47 bits per heavy atom. The Labute approximate surface area is 90.4 Å². The van der Waals surface area contributed by atoms with Crippen LogP contribution in [-0.2, 0) is 4.79 Å². The van der Waals surface area contributed by atoms with Crippen molar-refractivity contribution < 1.29 is 9.90 Å². The van der Waals surface area contributed by atoms with Crippen molar-refractivity contribution in [2.45, 2.75) is 31.3 Å². The molecule has 88 valence electrons. The van der Waals surface area contributed by atoms with Gasteiger partial charge in [0, 0.05) is 12.1 Å². The Balaban J connectivity index is 2.38. The zero-order chi connectivity index (χ0) is 11.4. The van der Waals surface area contributed by atoms with Gasteiger partial charge in [-0.15, -0.1) is 0 Å². The number of carboxylic acids is 1. The number of carboxylic acid groups (broad SMARTS) is 1. The van der Waals surface area contributed by atoms with Crippen LogP contribution in [0.2, 0.25) is 0 Å². The number of likely N-dealkylation sites (tertiary alicyclic amines) is 1. The van der Waals surface area contributed by atoms with Crippen molar-refractivity contribution in [3.05, 3.63) is 0 Å². The third-order valence-electron chi connectivity index (χ3n) is 3.21. The summed E-state index contributed by atoms with van der Waals surface area (Å²) in [6, 6.07) is -0.606. The molecule has 0 bridgehead atoms. The molecule has 0 amide bonds. The molecule has 0 saturated carbocycles. The minimum atomic E-state index is -0.870. The van der Waals surface area contributed by atoms with E-state index in [9.17, 15) is 4.79 Å². The van der Waals surface area contributed by atoms with Crippen molar-refractivity contribution in [2.24, 2.45) is 17.4 Å². The number of aliphatic carboxylic acids is 1. The lowest BCUT2D eigenvalue weighted by Crippen LogP contribution is -2.50. The molecule has 5 heteroatoms. The summed E-state index contributed by atoms with van der Waals surface area (Å²) in [5.41, 5.74) is 11.7. The van der Waals surface area contributed by atoms with Gasteiger partial charge in [-0.05, 0) is 38.9 Å². The van der Waals surface area contributed by atoms with E-state index in [1.54, 1.807) is 0 Å². The summed E-state index contributed by atoms with van der Waals surface area (Å²) in [6.07, 6.45) is 2.00. The Morgan fingerprint density at radius 2 is 2.00 bits per heavy atom. The first-order valence-electron chi connectivity index (χ1n) is 5.42. The van der Waals surface area contributed by atoms with Crippen LogP contribution >= 0.6 is 0 Å². The molecule has 1 rings (SSSR count). The second-order valence-corrected chi connectivity index (χ2v) is 4.48. The zero-order valence-corrected chi connectivity index (χ0v) is 9.22. The maximum Gasteiger partial charge on any atom is 0.304 e. The van der Waals surface area contributed by atoms with Crippen molar-refractivity contribution in [3.63, 3.8) is 0 Å². The molecular weight excluding hydrogens is 194 g/mol. The van der Waals surface area contributed by atoms with E-state index in [1.807, 2.05) is 0 Å². The van der Waals surface area contributed by atoms with Gasteiger partial charge in [0.25, 0.3) is 0 Å². The maximum absolute atomic E-state index is 10.5. The number of hydrogen-bond acceptors (Lipinski definition) is 4. The van der Waals surface area contributed by atoms with E-state index in [2.05, 4.69) is 11.9 Å². The van der Waals surface area contributed by atoms with E-state index in [4.69, 9.17) is 16.6 Å². The van der Waals surface area contributed by atoms with Crippen LogP contribution in [0.3, 0.4) is 0 Å². The molecule has 1 heterocycles. The van der Waals surface area contributed by atoms with Gasteiger partial charge in [-0.1, -0.05) is 0 Å². The molecule has 0 aromatic heterocycles. The van der Waals surface area contributed by atoms with Gasteiger partial charge in [0.15, 0.2) is 0 Å². The number of nitrogens with two attached hydrogens (primary N) is 2. The quantitative estimate of drug-likeness (QED) is 0.585. The lowest BCUT2D eigenvalue weighted by molar-refractivity contribution is -0.137. The highest BCUT2D eigenvalue weighted by Crippen LogP contribution is 2.20. The molecule has 2 atom stereocenters. The van der Waals surface area contributed by atoms with Crippen molar-refractivity contribution in [3.8, 4) is 0 Å². The number of nitrogens with zero attached hydrogens (tertiary/aromatic N) is 1. The Bertz CT molecular complexity index is 215. The highest BCUT2D eigenvalue weighted by Gasteiger charge is 2.27. The monoisotopic (exact) mass is 215 g/mol. The van der Waals surface area contributed by atoms with Crippen LogP contribution in [0.15, 0.2) is 0 Å². The van der Waals surface area contributed by atoms with Crippen LogP contribution in [0.1, 0.15) is 19.3 Å². The van der Waals surface area contributed by atoms with Crippen LogP contribution in [0, 0.1) is 5.92 Å². The van der Waals surface area contributed by atoms with Crippen LogP contribution in [-0.4, -0.2) is 48.2 Å². The Kier molecular flexibility index (Phi) is 4.50. The minimum Gasteiger partial charge on any atom is -0.481 e. The van der Waals surface area contributed by atoms with Crippen LogP contribution < -0.4 is 11.5 Å². The molecule has 2 unspecified atom stereocenters. The SMILES string of the molecule is CN1CCC(C(N)C(N)CC(=O)O)CC1. The molecule has 15 heavy (non-hydrogen) atoms. The van der Waals surface area contributed by atoms with Gasteiger partial charge in [0.2, 0.25) is 0 Å². The van der Waals surface area contributed by atoms with Crippen LogP contribution in [0.25, 0.3) is 0 Å². The van der Waals surface area contributed by atoms with E-state index in [-0.39, 0.29) is 12.5 Å². The third kappa shape index (κ3) is 3.77. The molecule has 1 aliphatic rings. The van der Waals surface area contributed by atoms with E-state index >= 15 is 0 Å². The lowest BCUT2D eigenvalue weighted by atomic mass is 9.85. The fourth-order valence-electron chi connectivity index (χ4n) is 2.10. The zero-order valence-electron chi connectivity index (χ0n) is 9.22. The highest BCUT2D eigenvalue weighted by molar-refractivity contribution is 5.67. The average molecular weight is 215 g/mol. The van der Waals surface area contributed by atoms with Crippen molar-refractivity contribution >= 4 is 5.97 Å². The minimum absolute atomic E-state index is 0.0342. The van der Waals surface area contributed by atoms with Gasteiger partial charge < -0.3 is 21.5 Å². The predicted molar refractivity (Wildman–Crippen MR) is 58.4 cm³/mol. The number of piperidine rings is 1. The van der Waals surface area contributed by atoms with Gasteiger partial charge in [-0.25, -0.2) is 0 Å². The topological polar surface area (TPSA) is 92.6 Å². The maximum atomic E-state index is 10.5. The van der Waals surface area contributed by atoms with Gasteiger partial charge in [-0.3, -0.25) is 4.79 Å². The summed E-state index contributed by atoms with van der Waals surface area (Å²) in [6.45, 7) is 2.05. The van der Waals surface area contributed by atoms with E-state index in [0.29, 0.717) is 5.92 Å². The van der Waals surface area contributed by atoms with Gasteiger partial charge in [-0.2, -0.15) is 0 Å². The summed E-state index contributed by atoms with van der Waals surface area (Å²) < 4.78 is 0. The van der Waals surface area contributed by atoms with Crippen molar-refractivity contribution in [1.29, 1.82) is 0 Å². The molecule has 5 nitrogen and oxygen atoms in total. The first-order chi connectivity index (χ1) is 7.00. The van der Waals surface area contributed by atoms with Gasteiger partial charge in [0.1, 0.15) is 0 Å². The fourth-order valence-corrected chi connectivity index (χ4v) is 2.10. The first kappa shape index (κ1) is 12.4. The molecule has 0 radical (unpaired) electrons.